The first-order chi connectivity index (χ1) is 17.7. The number of hydrogen-bond donors (Lipinski definition) is 6. The molecule has 3 aromatic heterocycles. The highest BCUT2D eigenvalue weighted by Gasteiger charge is 2.18. The highest BCUT2D eigenvalue weighted by molar-refractivity contribution is 6.34. The van der Waals surface area contributed by atoms with Crippen LogP contribution >= 0.6 is 11.6 Å². The van der Waals surface area contributed by atoms with Crippen LogP contribution < -0.4 is 21.1 Å². The van der Waals surface area contributed by atoms with Crippen molar-refractivity contribution in [3.8, 4) is 5.75 Å². The van der Waals surface area contributed by atoms with Gasteiger partial charge in [0.05, 0.1) is 43.2 Å². The van der Waals surface area contributed by atoms with E-state index in [0.29, 0.717) is 17.7 Å². The first-order valence-corrected chi connectivity index (χ1v) is 11.5. The minimum Gasteiger partial charge on any atom is -0.496 e. The van der Waals surface area contributed by atoms with E-state index in [2.05, 4.69) is 30.6 Å². The number of pyridine rings is 1. The Kier molecular flexibility index (Phi) is 9.17. The van der Waals surface area contributed by atoms with Gasteiger partial charge in [0.1, 0.15) is 16.7 Å². The predicted molar refractivity (Wildman–Crippen MR) is 139 cm³/mol. The molecule has 0 aromatic carbocycles. The lowest BCUT2D eigenvalue weighted by Gasteiger charge is -2.15. The summed E-state index contributed by atoms with van der Waals surface area (Å²) < 4.78 is 5.46. The Bertz CT molecular complexity index is 1330. The summed E-state index contributed by atoms with van der Waals surface area (Å²) in [5.41, 5.74) is 9.28. The lowest BCUT2D eigenvalue weighted by atomic mass is 10.1. The molecule has 0 saturated heterocycles. The molecule has 0 aliphatic carbocycles. The van der Waals surface area contributed by atoms with Gasteiger partial charge in [0, 0.05) is 41.3 Å². The van der Waals surface area contributed by atoms with Crippen molar-refractivity contribution < 1.29 is 24.5 Å². The van der Waals surface area contributed by atoms with E-state index in [1.54, 1.807) is 13.3 Å². The summed E-state index contributed by atoms with van der Waals surface area (Å²) in [6, 6.07) is 1.51. The van der Waals surface area contributed by atoms with Crippen LogP contribution in [0.25, 0.3) is 11.6 Å². The van der Waals surface area contributed by atoms with Crippen molar-refractivity contribution in [1.29, 1.82) is 0 Å². The predicted octanol–water partition coefficient (Wildman–Crippen LogP) is 1.50. The number of aliphatic hydroxyl groups is 2. The number of carbonyl (C=O) groups excluding carboxylic acids is 2. The van der Waals surface area contributed by atoms with Gasteiger partial charge in [-0.3, -0.25) is 14.6 Å². The zero-order valence-electron chi connectivity index (χ0n) is 20.5. The zero-order chi connectivity index (χ0) is 27.1. The molecule has 1 atom stereocenters. The lowest BCUT2D eigenvalue weighted by Crippen LogP contribution is -2.33. The number of aliphatic hydroxyl groups excluding tert-OH is 2. The third-order valence-electron chi connectivity index (χ3n) is 5.46. The Hall–Kier alpha value is -4.00. The number of rotatable bonds is 11. The highest BCUT2D eigenvalue weighted by atomic mass is 35.5. The van der Waals surface area contributed by atoms with Crippen LogP contribution in [-0.2, 0) is 11.3 Å². The quantitative estimate of drug-likeness (QED) is 0.121. The number of allylic oxidation sites excluding steroid dienone is 1. The van der Waals surface area contributed by atoms with Gasteiger partial charge >= 0.3 is 0 Å². The van der Waals surface area contributed by atoms with Crippen LogP contribution in [-0.4, -0.2) is 68.7 Å². The molecule has 7 N–H and O–H groups in total. The van der Waals surface area contributed by atoms with Crippen molar-refractivity contribution in [2.24, 2.45) is 0 Å². The van der Waals surface area contributed by atoms with Gasteiger partial charge in [0.25, 0.3) is 5.91 Å². The number of nitrogens with zero attached hydrogens (tertiary/aromatic N) is 3. The Labute approximate surface area is 218 Å². The largest absolute Gasteiger partial charge is 0.496 e. The van der Waals surface area contributed by atoms with Crippen molar-refractivity contribution in [2.45, 2.75) is 26.5 Å². The third-order valence-corrected chi connectivity index (χ3v) is 5.73. The molecule has 0 fully saturated rings. The number of nitrogens with one attached hydrogen (secondary N) is 3. The smallest absolute Gasteiger partial charge is 0.252 e. The second-order valence-corrected chi connectivity index (χ2v) is 8.46. The van der Waals surface area contributed by atoms with E-state index in [9.17, 15) is 14.7 Å². The summed E-state index contributed by atoms with van der Waals surface area (Å²) in [4.78, 5) is 39.9. The van der Waals surface area contributed by atoms with Gasteiger partial charge in [-0.1, -0.05) is 11.6 Å². The maximum absolute atomic E-state index is 12.3. The summed E-state index contributed by atoms with van der Waals surface area (Å²) in [5.74, 6) is 0.387. The van der Waals surface area contributed by atoms with Crippen molar-refractivity contribution >= 4 is 47.2 Å². The van der Waals surface area contributed by atoms with Crippen LogP contribution in [0.15, 0.2) is 18.5 Å². The standard InChI is InChI=1S/C24H28ClN7O5/c1-12-6-28-18(13(2)20(12)37-3)9-29-22-19(21(25)31-24(26)32-22)15(10-33)5-16-4-14(7-27-16)23(36)30-8-17(35)11-34/h4-7,10,17,27,34-35H,8-9,11H2,1-3H3,(H,30,36)(H3,26,29,31,32)/b15-5+. The number of methoxy groups -OCH3 is 1. The molecule has 13 heteroatoms. The topological polar surface area (TPSA) is 188 Å². The van der Waals surface area contributed by atoms with Gasteiger partial charge in [-0.05, 0) is 26.0 Å². The number of ether oxygens (including phenoxy) is 1. The second kappa shape index (κ2) is 12.3. The molecule has 0 aliphatic heterocycles. The number of aromatic nitrogens is 4. The van der Waals surface area contributed by atoms with Crippen LogP contribution in [0.1, 0.15) is 38.4 Å². The van der Waals surface area contributed by atoms with Gasteiger partial charge in [-0.2, -0.15) is 4.98 Å². The van der Waals surface area contributed by atoms with Crippen molar-refractivity contribution in [2.75, 3.05) is 31.3 Å². The number of H-pyrrole nitrogens is 1. The molecule has 37 heavy (non-hydrogen) atoms. The Balaban J connectivity index is 1.90. The molecule has 0 aliphatic rings. The fourth-order valence-electron chi connectivity index (χ4n) is 3.59. The first kappa shape index (κ1) is 27.6. The average molecular weight is 530 g/mol. The molecular formula is C24H28ClN7O5. The number of carbonyl (C=O) groups is 2. The zero-order valence-corrected chi connectivity index (χ0v) is 21.3. The number of anilines is 2. The summed E-state index contributed by atoms with van der Waals surface area (Å²) in [5, 5.41) is 23.9. The number of halogens is 1. The van der Waals surface area contributed by atoms with Crippen LogP contribution in [0.2, 0.25) is 5.15 Å². The SMILES string of the molecule is COc1c(C)cnc(CNc2nc(N)nc(Cl)c2/C(C=O)=C/c2cc(C(=O)NCC(O)CO)c[nH]2)c1C. The van der Waals surface area contributed by atoms with Gasteiger partial charge in [0.2, 0.25) is 5.95 Å². The highest BCUT2D eigenvalue weighted by Crippen LogP contribution is 2.31. The monoisotopic (exact) mass is 529 g/mol. The number of aryl methyl sites for hydroxylation is 1. The number of nitrogen functional groups attached to an aromatic ring is 1. The number of amides is 1. The van der Waals surface area contributed by atoms with Crippen molar-refractivity contribution in [3.63, 3.8) is 0 Å². The molecule has 3 aromatic rings. The molecule has 196 valence electrons. The maximum Gasteiger partial charge on any atom is 0.252 e. The summed E-state index contributed by atoms with van der Waals surface area (Å²) in [6.07, 6.45) is 4.14. The molecule has 0 bridgehead atoms. The fourth-order valence-corrected chi connectivity index (χ4v) is 3.87. The van der Waals surface area contributed by atoms with Crippen molar-refractivity contribution in [1.82, 2.24) is 25.3 Å². The van der Waals surface area contributed by atoms with Gasteiger partial charge in [0.15, 0.2) is 6.29 Å². The van der Waals surface area contributed by atoms with Gasteiger partial charge in [-0.25, -0.2) is 4.98 Å². The molecule has 1 amide bonds. The number of hydrogen-bond acceptors (Lipinski definition) is 10. The Morgan fingerprint density at radius 1 is 1.35 bits per heavy atom. The van der Waals surface area contributed by atoms with Crippen LogP contribution in [0, 0.1) is 13.8 Å². The Morgan fingerprint density at radius 2 is 2.11 bits per heavy atom. The number of aromatic amines is 1. The van der Waals surface area contributed by atoms with E-state index in [-0.39, 0.29) is 46.7 Å². The van der Waals surface area contributed by atoms with Gasteiger partial charge in [-0.15, -0.1) is 0 Å². The minimum atomic E-state index is -1.07. The minimum absolute atomic E-state index is 0.0398. The Morgan fingerprint density at radius 3 is 2.78 bits per heavy atom. The normalized spacial score (nSPS) is 12.2. The van der Waals surface area contributed by atoms with E-state index >= 15 is 0 Å². The van der Waals surface area contributed by atoms with E-state index in [0.717, 1.165) is 16.9 Å². The van der Waals surface area contributed by atoms with Crippen LogP contribution in [0.3, 0.4) is 0 Å². The molecule has 1 unspecified atom stereocenters. The maximum atomic E-state index is 12.3. The van der Waals surface area contributed by atoms with Crippen LogP contribution in [0.4, 0.5) is 11.8 Å². The molecule has 3 rings (SSSR count). The molecule has 0 spiro atoms. The van der Waals surface area contributed by atoms with E-state index in [4.69, 9.17) is 27.2 Å². The molecule has 0 radical (unpaired) electrons. The lowest BCUT2D eigenvalue weighted by molar-refractivity contribution is -0.103. The van der Waals surface area contributed by atoms with Gasteiger partial charge < -0.3 is 36.3 Å². The van der Waals surface area contributed by atoms with E-state index < -0.39 is 18.6 Å². The molecule has 0 saturated carbocycles. The molecule has 12 nitrogen and oxygen atoms in total. The number of aldehydes is 1. The fraction of sp³-hybridized carbons (Fsp3) is 0.292. The first-order valence-electron chi connectivity index (χ1n) is 11.2. The summed E-state index contributed by atoms with van der Waals surface area (Å²) in [7, 11) is 1.59. The third kappa shape index (κ3) is 6.61. The average Bonchev–Trinajstić information content (AvgIpc) is 3.34. The molecule has 3 heterocycles. The number of nitrogens with two attached hydrogens (primary N) is 1. The summed E-state index contributed by atoms with van der Waals surface area (Å²) in [6.45, 7) is 3.44. The van der Waals surface area contributed by atoms with Crippen LogP contribution in [0.5, 0.6) is 5.75 Å². The van der Waals surface area contributed by atoms with Crippen molar-refractivity contribution in [3.05, 3.63) is 57.3 Å². The van der Waals surface area contributed by atoms with E-state index in [1.165, 1.54) is 18.3 Å². The summed E-state index contributed by atoms with van der Waals surface area (Å²) >= 11 is 6.37. The molecular weight excluding hydrogens is 502 g/mol. The second-order valence-electron chi connectivity index (χ2n) is 8.10. The van der Waals surface area contributed by atoms with E-state index in [1.807, 2.05) is 13.8 Å².